The normalized spacial score (nSPS) is 30.8. The van der Waals surface area contributed by atoms with E-state index in [-0.39, 0.29) is 5.91 Å². The van der Waals surface area contributed by atoms with Gasteiger partial charge in [0.1, 0.15) is 10.6 Å². The van der Waals surface area contributed by atoms with Gasteiger partial charge in [0.05, 0.1) is 24.7 Å². The van der Waals surface area contributed by atoms with Crippen LogP contribution in [-0.2, 0) is 16.0 Å². The Balaban J connectivity index is 1.19. The van der Waals surface area contributed by atoms with Gasteiger partial charge < -0.3 is 14.4 Å². The highest BCUT2D eigenvalue weighted by Gasteiger charge is 2.41. The van der Waals surface area contributed by atoms with E-state index in [0.29, 0.717) is 24.0 Å². The van der Waals surface area contributed by atoms with Gasteiger partial charge in [-0.25, -0.2) is 4.98 Å². The van der Waals surface area contributed by atoms with E-state index in [9.17, 15) is 4.79 Å². The summed E-state index contributed by atoms with van der Waals surface area (Å²) in [6.07, 6.45) is 9.02. The molecule has 6 nitrogen and oxygen atoms in total. The van der Waals surface area contributed by atoms with E-state index in [1.54, 1.807) is 6.92 Å². The number of hydrogen-bond acceptors (Lipinski definition) is 6. The van der Waals surface area contributed by atoms with E-state index >= 15 is 0 Å². The van der Waals surface area contributed by atoms with Crippen molar-refractivity contribution in [2.75, 3.05) is 39.4 Å². The SMILES string of the molecule is CC(=O)N1CC[C@@H]2c3c(sc4nccc(O[C@H]5CC[C@H](N6CCOCC6)CC5)c34)C[C@H]2C1. The average Bonchev–Trinajstić information content (AvgIpc) is 3.35. The van der Waals surface area contributed by atoms with Crippen molar-refractivity contribution >= 4 is 27.5 Å². The number of likely N-dealkylation sites (tertiary alicyclic amines) is 1. The molecule has 1 saturated carbocycles. The van der Waals surface area contributed by atoms with Crippen LogP contribution < -0.4 is 4.74 Å². The van der Waals surface area contributed by atoms with Crippen LogP contribution in [0.4, 0.5) is 0 Å². The molecule has 172 valence electrons. The zero-order valence-corrected chi connectivity index (χ0v) is 19.7. The Labute approximate surface area is 193 Å². The summed E-state index contributed by atoms with van der Waals surface area (Å²) in [6.45, 7) is 7.37. The van der Waals surface area contributed by atoms with Crippen LogP contribution in [-0.4, -0.2) is 72.2 Å². The molecule has 0 unspecified atom stereocenters. The molecule has 0 N–H and O–H groups in total. The summed E-state index contributed by atoms with van der Waals surface area (Å²) in [5.74, 6) is 2.34. The standard InChI is InChI=1S/C25H33N3O3S/c1-16(29)28-9-7-20-17(15-28)14-22-23(20)24-21(6-8-26-25(24)32-22)31-19-4-2-18(3-5-19)27-10-12-30-13-11-27/h6,8,17-20H,2-5,7,9-15H2,1H3/t17-,18-,19-,20-/m0/s1. The third kappa shape index (κ3) is 3.72. The summed E-state index contributed by atoms with van der Waals surface area (Å²) in [5.41, 5.74) is 1.49. The molecule has 2 aromatic heterocycles. The maximum atomic E-state index is 11.9. The first-order valence-electron chi connectivity index (χ1n) is 12.3. The van der Waals surface area contributed by atoms with Crippen LogP contribution in [0.2, 0.25) is 0 Å². The first-order chi connectivity index (χ1) is 15.7. The van der Waals surface area contributed by atoms with Gasteiger partial charge in [-0.1, -0.05) is 0 Å². The van der Waals surface area contributed by atoms with E-state index in [4.69, 9.17) is 14.5 Å². The molecule has 2 aromatic rings. The van der Waals surface area contributed by atoms with E-state index < -0.39 is 0 Å². The van der Waals surface area contributed by atoms with E-state index in [0.717, 1.165) is 75.7 Å². The molecular formula is C25H33N3O3S. The third-order valence-electron chi connectivity index (χ3n) is 8.16. The number of nitrogens with zero attached hydrogens (tertiary/aromatic N) is 3. The van der Waals surface area contributed by atoms with Crippen molar-refractivity contribution in [3.63, 3.8) is 0 Å². The fraction of sp³-hybridized carbons (Fsp3) is 0.680. The van der Waals surface area contributed by atoms with Crippen LogP contribution in [0.25, 0.3) is 10.2 Å². The molecule has 6 rings (SSSR count). The Morgan fingerprint density at radius 1 is 1.16 bits per heavy atom. The van der Waals surface area contributed by atoms with Crippen molar-refractivity contribution in [2.24, 2.45) is 5.92 Å². The zero-order valence-electron chi connectivity index (χ0n) is 18.9. The fourth-order valence-corrected chi connectivity index (χ4v) is 7.82. The van der Waals surface area contributed by atoms with Crippen molar-refractivity contribution in [1.29, 1.82) is 0 Å². The van der Waals surface area contributed by atoms with E-state index in [2.05, 4.69) is 11.0 Å². The molecular weight excluding hydrogens is 422 g/mol. The summed E-state index contributed by atoms with van der Waals surface area (Å²) in [7, 11) is 0. The Morgan fingerprint density at radius 3 is 2.75 bits per heavy atom. The number of pyridine rings is 1. The van der Waals surface area contributed by atoms with Crippen LogP contribution in [0.1, 0.15) is 55.4 Å². The zero-order chi connectivity index (χ0) is 21.7. The van der Waals surface area contributed by atoms with Gasteiger partial charge in [0.2, 0.25) is 5.91 Å². The molecule has 3 fully saturated rings. The molecule has 0 radical (unpaired) electrons. The minimum atomic E-state index is 0.210. The van der Waals surface area contributed by atoms with Gasteiger partial charge in [-0.3, -0.25) is 9.69 Å². The molecule has 2 aliphatic heterocycles. The highest BCUT2D eigenvalue weighted by Crippen LogP contribution is 2.52. The van der Waals surface area contributed by atoms with Crippen LogP contribution in [0.5, 0.6) is 5.75 Å². The number of ether oxygens (including phenoxy) is 2. The summed E-state index contributed by atoms with van der Waals surface area (Å²) < 4.78 is 12.2. The number of rotatable bonds is 3. The number of hydrogen-bond donors (Lipinski definition) is 0. The number of piperidine rings is 1. The van der Waals surface area contributed by atoms with Gasteiger partial charge in [-0.2, -0.15) is 0 Å². The van der Waals surface area contributed by atoms with E-state index in [1.165, 1.54) is 28.7 Å². The second-order valence-corrected chi connectivity index (χ2v) is 11.0. The predicted molar refractivity (Wildman–Crippen MR) is 125 cm³/mol. The Bertz CT molecular complexity index is 994. The number of carbonyl (C=O) groups excluding carboxylic acids is 1. The van der Waals surface area contributed by atoms with Crippen molar-refractivity contribution in [1.82, 2.24) is 14.8 Å². The van der Waals surface area contributed by atoms with Crippen molar-refractivity contribution in [3.05, 3.63) is 22.7 Å². The highest BCUT2D eigenvalue weighted by molar-refractivity contribution is 7.19. The largest absolute Gasteiger partial charge is 0.490 e. The van der Waals surface area contributed by atoms with Crippen LogP contribution in [0.15, 0.2) is 12.3 Å². The van der Waals surface area contributed by atoms with Crippen LogP contribution in [0.3, 0.4) is 0 Å². The molecule has 32 heavy (non-hydrogen) atoms. The summed E-state index contributed by atoms with van der Waals surface area (Å²) in [5, 5.41) is 1.27. The Hall–Kier alpha value is -1.70. The number of aromatic nitrogens is 1. The van der Waals surface area contributed by atoms with Gasteiger partial charge in [-0.15, -0.1) is 11.3 Å². The highest BCUT2D eigenvalue weighted by atomic mass is 32.1. The summed E-state index contributed by atoms with van der Waals surface area (Å²) in [4.78, 5) is 23.9. The van der Waals surface area contributed by atoms with Crippen LogP contribution >= 0.6 is 11.3 Å². The quantitative estimate of drug-likeness (QED) is 0.704. The van der Waals surface area contributed by atoms with Gasteiger partial charge in [0.15, 0.2) is 0 Å². The molecule has 2 atom stereocenters. The third-order valence-corrected chi connectivity index (χ3v) is 9.30. The van der Waals surface area contributed by atoms with Crippen molar-refractivity contribution < 1.29 is 14.3 Å². The average molecular weight is 456 g/mol. The van der Waals surface area contributed by atoms with Gasteiger partial charge in [-0.05, 0) is 62.0 Å². The number of amides is 1. The molecule has 0 aromatic carbocycles. The molecule has 0 bridgehead atoms. The van der Waals surface area contributed by atoms with E-state index in [1.807, 2.05) is 22.4 Å². The Morgan fingerprint density at radius 2 is 1.97 bits per heavy atom. The summed E-state index contributed by atoms with van der Waals surface area (Å²) in [6, 6.07) is 2.77. The monoisotopic (exact) mass is 455 g/mol. The minimum absolute atomic E-state index is 0.210. The van der Waals surface area contributed by atoms with Gasteiger partial charge in [0, 0.05) is 50.2 Å². The number of thiophene rings is 1. The number of morpholine rings is 1. The first-order valence-corrected chi connectivity index (χ1v) is 13.1. The minimum Gasteiger partial charge on any atom is -0.490 e. The lowest BCUT2D eigenvalue weighted by Crippen LogP contribution is -2.46. The topological polar surface area (TPSA) is 54.9 Å². The second-order valence-electron chi connectivity index (χ2n) is 9.95. The maximum Gasteiger partial charge on any atom is 0.219 e. The second kappa shape index (κ2) is 8.58. The molecule has 2 saturated heterocycles. The van der Waals surface area contributed by atoms with Crippen molar-refractivity contribution in [2.45, 2.75) is 63.5 Å². The number of fused-ring (bicyclic) bond motifs is 5. The number of carbonyl (C=O) groups is 1. The summed E-state index contributed by atoms with van der Waals surface area (Å²) >= 11 is 1.84. The van der Waals surface area contributed by atoms with Crippen molar-refractivity contribution in [3.8, 4) is 5.75 Å². The van der Waals surface area contributed by atoms with Crippen LogP contribution in [0, 0.1) is 5.92 Å². The lowest BCUT2D eigenvalue weighted by molar-refractivity contribution is -0.130. The molecule has 1 amide bonds. The van der Waals surface area contributed by atoms with Gasteiger partial charge in [0.25, 0.3) is 0 Å². The predicted octanol–water partition coefficient (Wildman–Crippen LogP) is 3.83. The lowest BCUT2D eigenvalue weighted by Gasteiger charge is -2.38. The molecule has 4 heterocycles. The molecule has 2 aliphatic carbocycles. The molecule has 0 spiro atoms. The van der Waals surface area contributed by atoms with Gasteiger partial charge >= 0.3 is 0 Å². The molecule has 7 heteroatoms. The fourth-order valence-electron chi connectivity index (χ4n) is 6.50. The maximum absolute atomic E-state index is 11.9. The smallest absolute Gasteiger partial charge is 0.219 e. The molecule has 4 aliphatic rings. The lowest BCUT2D eigenvalue weighted by atomic mass is 9.85. The first kappa shape index (κ1) is 20.9. The Kier molecular flexibility index (Phi) is 5.60.